The van der Waals surface area contributed by atoms with Gasteiger partial charge in [-0.3, -0.25) is 4.79 Å². The van der Waals surface area contributed by atoms with E-state index in [4.69, 9.17) is 4.74 Å². The van der Waals surface area contributed by atoms with Crippen molar-refractivity contribution in [3.8, 4) is 16.9 Å². The summed E-state index contributed by atoms with van der Waals surface area (Å²) in [7, 11) is 1.67. The van der Waals surface area contributed by atoms with E-state index >= 15 is 0 Å². The molecule has 0 spiro atoms. The summed E-state index contributed by atoms with van der Waals surface area (Å²) < 4.78 is 7.21. The zero-order valence-electron chi connectivity index (χ0n) is 15.6. The number of nitrogens with zero attached hydrogens (tertiary/aromatic N) is 3. The van der Waals surface area contributed by atoms with Crippen LogP contribution in [0.15, 0.2) is 35.1 Å². The van der Waals surface area contributed by atoms with E-state index in [2.05, 4.69) is 10.00 Å². The van der Waals surface area contributed by atoms with Crippen molar-refractivity contribution in [2.24, 2.45) is 7.05 Å². The molecule has 0 N–H and O–H groups in total. The average molecular weight is 378 g/mol. The zero-order chi connectivity index (χ0) is 17.6. The SMILES string of the molecule is Cc1nn(C)c(=O)cc1-c1ccc(OCCCN2CCCCC2)cc1.Cl. The highest BCUT2D eigenvalue weighted by molar-refractivity contribution is 5.85. The molecule has 1 fully saturated rings. The molecule has 0 bridgehead atoms. The second-order valence-electron chi connectivity index (χ2n) is 6.73. The standard InChI is InChI=1S/C20H27N3O2.ClH/c1-16-19(15-20(24)22(2)21-16)17-7-9-18(10-8-17)25-14-6-13-23-11-4-3-5-12-23;/h7-10,15H,3-6,11-14H2,1-2H3;1H. The highest BCUT2D eigenvalue weighted by Gasteiger charge is 2.09. The van der Waals surface area contributed by atoms with Gasteiger partial charge in [-0.25, -0.2) is 4.68 Å². The monoisotopic (exact) mass is 377 g/mol. The van der Waals surface area contributed by atoms with Gasteiger partial charge in [-0.2, -0.15) is 5.10 Å². The fourth-order valence-electron chi connectivity index (χ4n) is 3.33. The molecular weight excluding hydrogens is 350 g/mol. The second-order valence-corrected chi connectivity index (χ2v) is 6.73. The molecule has 2 aromatic rings. The maximum absolute atomic E-state index is 11.8. The number of hydrogen-bond donors (Lipinski definition) is 0. The van der Waals surface area contributed by atoms with Crippen LogP contribution in [0.4, 0.5) is 0 Å². The maximum atomic E-state index is 11.8. The van der Waals surface area contributed by atoms with Crippen molar-refractivity contribution in [1.29, 1.82) is 0 Å². The second kappa shape index (κ2) is 9.74. The topological polar surface area (TPSA) is 47.4 Å². The van der Waals surface area contributed by atoms with Crippen LogP contribution >= 0.6 is 12.4 Å². The average Bonchev–Trinajstić information content (AvgIpc) is 2.63. The van der Waals surface area contributed by atoms with Gasteiger partial charge < -0.3 is 9.64 Å². The van der Waals surface area contributed by atoms with Gasteiger partial charge in [0.25, 0.3) is 5.56 Å². The first-order valence-corrected chi connectivity index (χ1v) is 9.14. The minimum absolute atomic E-state index is 0. The van der Waals surface area contributed by atoms with Crippen LogP contribution in [0.25, 0.3) is 11.1 Å². The van der Waals surface area contributed by atoms with Crippen LogP contribution in [0, 0.1) is 6.92 Å². The van der Waals surface area contributed by atoms with Crippen molar-refractivity contribution in [3.63, 3.8) is 0 Å². The van der Waals surface area contributed by atoms with Gasteiger partial charge in [-0.05, 0) is 57.0 Å². The van der Waals surface area contributed by atoms with Crippen LogP contribution in [-0.2, 0) is 7.05 Å². The third kappa shape index (κ3) is 5.32. The molecule has 0 unspecified atom stereocenters. The summed E-state index contributed by atoms with van der Waals surface area (Å²) in [6.45, 7) is 6.25. The molecule has 0 radical (unpaired) electrons. The number of rotatable bonds is 6. The number of benzene rings is 1. The molecule has 2 heterocycles. The first-order chi connectivity index (χ1) is 12.1. The summed E-state index contributed by atoms with van der Waals surface area (Å²) >= 11 is 0. The lowest BCUT2D eigenvalue weighted by Crippen LogP contribution is -2.31. The van der Waals surface area contributed by atoms with E-state index < -0.39 is 0 Å². The van der Waals surface area contributed by atoms with Crippen LogP contribution in [0.1, 0.15) is 31.4 Å². The summed E-state index contributed by atoms with van der Waals surface area (Å²) in [6, 6.07) is 9.55. The van der Waals surface area contributed by atoms with Crippen molar-refractivity contribution in [2.45, 2.75) is 32.6 Å². The maximum Gasteiger partial charge on any atom is 0.267 e. The predicted molar refractivity (Wildman–Crippen MR) is 107 cm³/mol. The Labute approximate surface area is 161 Å². The van der Waals surface area contributed by atoms with Crippen LogP contribution in [0.5, 0.6) is 5.75 Å². The lowest BCUT2D eigenvalue weighted by atomic mass is 10.1. The third-order valence-electron chi connectivity index (χ3n) is 4.78. The van der Waals surface area contributed by atoms with Gasteiger partial charge in [0.05, 0.1) is 12.3 Å². The van der Waals surface area contributed by atoms with E-state index in [1.54, 1.807) is 13.1 Å². The highest BCUT2D eigenvalue weighted by atomic mass is 35.5. The smallest absolute Gasteiger partial charge is 0.267 e. The molecule has 1 aromatic heterocycles. The summed E-state index contributed by atoms with van der Waals surface area (Å²) in [4.78, 5) is 14.3. The summed E-state index contributed by atoms with van der Waals surface area (Å²) in [6.07, 6.45) is 5.10. The number of likely N-dealkylation sites (tertiary alicyclic amines) is 1. The van der Waals surface area contributed by atoms with Gasteiger partial charge in [0.15, 0.2) is 0 Å². The summed E-state index contributed by atoms with van der Waals surface area (Å²) in [5, 5.41) is 4.25. The van der Waals surface area contributed by atoms with Crippen molar-refractivity contribution >= 4 is 12.4 Å². The van der Waals surface area contributed by atoms with Gasteiger partial charge >= 0.3 is 0 Å². The third-order valence-corrected chi connectivity index (χ3v) is 4.78. The van der Waals surface area contributed by atoms with Crippen molar-refractivity contribution in [1.82, 2.24) is 14.7 Å². The molecule has 0 atom stereocenters. The minimum atomic E-state index is -0.0985. The molecule has 0 saturated carbocycles. The van der Waals surface area contributed by atoms with Crippen LogP contribution < -0.4 is 10.3 Å². The Morgan fingerprint density at radius 2 is 1.81 bits per heavy atom. The highest BCUT2D eigenvalue weighted by Crippen LogP contribution is 2.23. The van der Waals surface area contributed by atoms with E-state index in [1.807, 2.05) is 31.2 Å². The molecule has 1 aliphatic rings. The fraction of sp³-hybridized carbons (Fsp3) is 0.500. The Morgan fingerprint density at radius 3 is 2.50 bits per heavy atom. The van der Waals surface area contributed by atoms with Crippen molar-refractivity contribution in [3.05, 3.63) is 46.4 Å². The molecule has 6 heteroatoms. The minimum Gasteiger partial charge on any atom is -0.494 e. The van der Waals surface area contributed by atoms with Crippen molar-refractivity contribution < 1.29 is 4.74 Å². The molecule has 142 valence electrons. The molecule has 1 aromatic carbocycles. The molecular formula is C20H28ClN3O2. The molecule has 0 amide bonds. The Hall–Kier alpha value is -1.85. The van der Waals surface area contributed by atoms with Crippen LogP contribution in [-0.4, -0.2) is 40.9 Å². The van der Waals surface area contributed by atoms with Gasteiger partial charge in [-0.15, -0.1) is 12.4 Å². The fourth-order valence-corrected chi connectivity index (χ4v) is 3.33. The first-order valence-electron chi connectivity index (χ1n) is 9.14. The zero-order valence-corrected chi connectivity index (χ0v) is 16.4. The first kappa shape index (κ1) is 20.5. The summed E-state index contributed by atoms with van der Waals surface area (Å²) in [5.74, 6) is 0.872. The molecule has 3 rings (SSSR count). The molecule has 0 aliphatic carbocycles. The number of aromatic nitrogens is 2. The molecule has 5 nitrogen and oxygen atoms in total. The van der Waals surface area contributed by atoms with Gasteiger partial charge in [-0.1, -0.05) is 18.6 Å². The van der Waals surface area contributed by atoms with Crippen molar-refractivity contribution in [2.75, 3.05) is 26.2 Å². The predicted octanol–water partition coefficient (Wildman–Crippen LogP) is 3.43. The Bertz CT molecular complexity index is 753. The number of aryl methyl sites for hydroxylation is 2. The Kier molecular flexibility index (Phi) is 7.66. The van der Waals surface area contributed by atoms with Gasteiger partial charge in [0, 0.05) is 25.2 Å². The van der Waals surface area contributed by atoms with E-state index in [0.29, 0.717) is 0 Å². The normalized spacial score (nSPS) is 14.7. The van der Waals surface area contributed by atoms with Crippen LogP contribution in [0.3, 0.4) is 0 Å². The lowest BCUT2D eigenvalue weighted by Gasteiger charge is -2.26. The molecule has 1 aliphatic heterocycles. The number of piperidine rings is 1. The number of ether oxygens (including phenoxy) is 1. The van der Waals surface area contributed by atoms with Crippen LogP contribution in [0.2, 0.25) is 0 Å². The lowest BCUT2D eigenvalue weighted by molar-refractivity contribution is 0.205. The van der Waals surface area contributed by atoms with Gasteiger partial charge in [0.1, 0.15) is 5.75 Å². The van der Waals surface area contributed by atoms with E-state index in [-0.39, 0.29) is 18.0 Å². The molecule has 1 saturated heterocycles. The van der Waals surface area contributed by atoms with E-state index in [9.17, 15) is 4.79 Å². The summed E-state index contributed by atoms with van der Waals surface area (Å²) in [5.41, 5.74) is 2.61. The number of hydrogen-bond acceptors (Lipinski definition) is 4. The Morgan fingerprint density at radius 1 is 1.12 bits per heavy atom. The van der Waals surface area contributed by atoms with E-state index in [0.717, 1.165) is 42.1 Å². The quantitative estimate of drug-likeness (QED) is 0.723. The van der Waals surface area contributed by atoms with E-state index in [1.165, 1.54) is 37.0 Å². The largest absolute Gasteiger partial charge is 0.494 e. The number of halogens is 1. The molecule has 26 heavy (non-hydrogen) atoms. The Balaban J connectivity index is 0.00000243. The van der Waals surface area contributed by atoms with Gasteiger partial charge in [0.2, 0.25) is 0 Å².